The topological polar surface area (TPSA) is 111 Å². The fraction of sp³-hybridized carbons (Fsp3) is 0.118. The van der Waals surface area contributed by atoms with Crippen LogP contribution in [0.1, 0.15) is 25.0 Å². The lowest BCUT2D eigenvalue weighted by molar-refractivity contribution is -0.113. The molecule has 8 nitrogen and oxygen atoms in total. The van der Waals surface area contributed by atoms with Crippen LogP contribution in [0.3, 0.4) is 0 Å². The van der Waals surface area contributed by atoms with E-state index in [2.05, 4.69) is 23.8 Å². The highest BCUT2D eigenvalue weighted by Gasteiger charge is 2.18. The minimum Gasteiger partial charge on any atom is -0.457 e. The Morgan fingerprint density at radius 3 is 1.21 bits per heavy atom. The van der Waals surface area contributed by atoms with Crippen molar-refractivity contribution in [1.82, 2.24) is 0 Å². The summed E-state index contributed by atoms with van der Waals surface area (Å²) in [5.41, 5.74) is 3.72. The van der Waals surface area contributed by atoms with Crippen LogP contribution in [0, 0.1) is 13.8 Å². The van der Waals surface area contributed by atoms with Gasteiger partial charge in [0, 0.05) is 22.5 Å². The van der Waals surface area contributed by atoms with Crippen molar-refractivity contribution in [3.05, 3.63) is 120 Å². The standard InChI is InChI=1S/C34H32N2O6S/c1-21(2)33(37)35-31-17-11-27(19-23(31)5)41-25-7-13-29(14-8-25)43(39,40)30-15-9-26(10-16-30)42-28-12-18-32(24(6)20-28)36-34(38)22(3)4/h7-20H,1,3H2,2,4-6H3,(H,35,37)(H,36,38). The van der Waals surface area contributed by atoms with E-state index in [-0.39, 0.29) is 21.6 Å². The second-order valence-electron chi connectivity index (χ2n) is 10.1. The molecule has 0 atom stereocenters. The molecule has 0 aromatic heterocycles. The van der Waals surface area contributed by atoms with Gasteiger partial charge in [0.15, 0.2) is 0 Å². The molecule has 0 radical (unpaired) electrons. The lowest BCUT2D eigenvalue weighted by atomic mass is 10.2. The van der Waals surface area contributed by atoms with Gasteiger partial charge in [-0.3, -0.25) is 9.59 Å². The van der Waals surface area contributed by atoms with Gasteiger partial charge in [0.2, 0.25) is 9.84 Å². The molecule has 0 aliphatic rings. The van der Waals surface area contributed by atoms with Crippen molar-refractivity contribution in [2.24, 2.45) is 0 Å². The molecule has 4 rings (SSSR count). The molecule has 2 N–H and O–H groups in total. The summed E-state index contributed by atoms with van der Waals surface area (Å²) in [5.74, 6) is 1.48. The molecule has 0 bridgehead atoms. The number of anilines is 2. The quantitative estimate of drug-likeness (QED) is 0.181. The predicted molar refractivity (Wildman–Crippen MR) is 168 cm³/mol. The summed E-state index contributed by atoms with van der Waals surface area (Å²) >= 11 is 0. The van der Waals surface area contributed by atoms with Gasteiger partial charge in [0.05, 0.1) is 9.79 Å². The van der Waals surface area contributed by atoms with Gasteiger partial charge in [-0.2, -0.15) is 0 Å². The van der Waals surface area contributed by atoms with Gasteiger partial charge in [-0.1, -0.05) is 13.2 Å². The summed E-state index contributed by atoms with van der Waals surface area (Å²) in [4.78, 5) is 24.0. The third kappa shape index (κ3) is 7.58. The molecule has 0 saturated carbocycles. The first kappa shape index (κ1) is 30.8. The van der Waals surface area contributed by atoms with E-state index in [1.54, 1.807) is 74.5 Å². The average Bonchev–Trinajstić information content (AvgIpc) is 2.96. The molecule has 4 aromatic carbocycles. The van der Waals surface area contributed by atoms with Crippen LogP contribution in [-0.2, 0) is 19.4 Å². The fourth-order valence-corrected chi connectivity index (χ4v) is 5.18. The Morgan fingerprint density at radius 2 is 0.907 bits per heavy atom. The number of rotatable bonds is 10. The number of nitrogens with one attached hydrogen (secondary N) is 2. The van der Waals surface area contributed by atoms with Crippen LogP contribution < -0.4 is 20.1 Å². The molecule has 0 fully saturated rings. The van der Waals surface area contributed by atoms with E-state index in [1.165, 1.54) is 24.3 Å². The lowest BCUT2D eigenvalue weighted by Gasteiger charge is -2.12. The summed E-state index contributed by atoms with van der Waals surface area (Å²) in [5, 5.41) is 5.57. The van der Waals surface area contributed by atoms with E-state index in [0.717, 1.165) is 11.1 Å². The maximum atomic E-state index is 13.2. The summed E-state index contributed by atoms with van der Waals surface area (Å²) in [6, 6.07) is 22.7. The molecule has 0 saturated heterocycles. The number of ether oxygens (including phenoxy) is 2. The maximum Gasteiger partial charge on any atom is 0.250 e. The van der Waals surface area contributed by atoms with Crippen LogP contribution in [0.15, 0.2) is 119 Å². The minimum atomic E-state index is -3.79. The van der Waals surface area contributed by atoms with E-state index in [9.17, 15) is 18.0 Å². The molecular weight excluding hydrogens is 564 g/mol. The van der Waals surface area contributed by atoms with E-state index in [0.29, 0.717) is 45.5 Å². The first-order valence-electron chi connectivity index (χ1n) is 13.3. The molecule has 0 aliphatic carbocycles. The van der Waals surface area contributed by atoms with Crippen LogP contribution in [0.5, 0.6) is 23.0 Å². The zero-order valence-electron chi connectivity index (χ0n) is 24.4. The number of benzene rings is 4. The molecule has 0 heterocycles. The minimum absolute atomic E-state index is 0.116. The maximum absolute atomic E-state index is 13.2. The Bertz CT molecular complexity index is 1700. The normalized spacial score (nSPS) is 10.9. The van der Waals surface area contributed by atoms with Gasteiger partial charge in [0.25, 0.3) is 11.8 Å². The van der Waals surface area contributed by atoms with Crippen molar-refractivity contribution < 1.29 is 27.5 Å². The largest absolute Gasteiger partial charge is 0.457 e. The highest BCUT2D eigenvalue weighted by molar-refractivity contribution is 7.91. The van der Waals surface area contributed by atoms with Gasteiger partial charge < -0.3 is 20.1 Å². The number of sulfone groups is 1. The molecule has 4 aromatic rings. The van der Waals surface area contributed by atoms with Crippen molar-refractivity contribution in [3.8, 4) is 23.0 Å². The van der Waals surface area contributed by atoms with Gasteiger partial charge in [0.1, 0.15) is 23.0 Å². The number of carbonyl (C=O) groups excluding carboxylic acids is 2. The zero-order valence-corrected chi connectivity index (χ0v) is 25.2. The van der Waals surface area contributed by atoms with E-state index in [1.807, 2.05) is 13.8 Å². The monoisotopic (exact) mass is 596 g/mol. The van der Waals surface area contributed by atoms with Crippen LogP contribution in [0.4, 0.5) is 11.4 Å². The van der Waals surface area contributed by atoms with Crippen LogP contribution >= 0.6 is 0 Å². The molecule has 0 spiro atoms. The number of carbonyl (C=O) groups is 2. The first-order chi connectivity index (χ1) is 20.3. The fourth-order valence-electron chi connectivity index (χ4n) is 3.92. The Balaban J connectivity index is 1.41. The molecular formula is C34H32N2O6S. The van der Waals surface area contributed by atoms with Gasteiger partial charge >= 0.3 is 0 Å². The Morgan fingerprint density at radius 1 is 0.581 bits per heavy atom. The molecule has 220 valence electrons. The molecule has 0 aliphatic heterocycles. The van der Waals surface area contributed by atoms with Crippen LogP contribution in [0.25, 0.3) is 0 Å². The van der Waals surface area contributed by atoms with Crippen molar-refractivity contribution in [1.29, 1.82) is 0 Å². The Kier molecular flexibility index (Phi) is 9.16. The molecule has 9 heteroatoms. The van der Waals surface area contributed by atoms with Crippen molar-refractivity contribution >= 4 is 33.0 Å². The van der Waals surface area contributed by atoms with Crippen LogP contribution in [0.2, 0.25) is 0 Å². The highest BCUT2D eigenvalue weighted by Crippen LogP contribution is 2.31. The van der Waals surface area contributed by atoms with E-state index in [4.69, 9.17) is 9.47 Å². The lowest BCUT2D eigenvalue weighted by Crippen LogP contribution is -2.12. The zero-order chi connectivity index (χ0) is 31.3. The third-order valence-electron chi connectivity index (χ3n) is 6.41. The smallest absolute Gasteiger partial charge is 0.250 e. The van der Waals surface area contributed by atoms with Crippen molar-refractivity contribution in [2.45, 2.75) is 37.5 Å². The molecule has 2 amide bonds. The van der Waals surface area contributed by atoms with Crippen molar-refractivity contribution in [3.63, 3.8) is 0 Å². The van der Waals surface area contributed by atoms with Gasteiger partial charge in [-0.05, 0) is 124 Å². The predicted octanol–water partition coefficient (Wildman–Crippen LogP) is 7.75. The number of aryl methyl sites for hydroxylation is 2. The SMILES string of the molecule is C=C(C)C(=O)Nc1ccc(Oc2ccc(S(=O)(=O)c3ccc(Oc4ccc(NC(=O)C(=C)C)c(C)c4)cc3)cc2)cc1C. The Hall–Kier alpha value is -5.15. The molecule has 0 unspecified atom stereocenters. The summed E-state index contributed by atoms with van der Waals surface area (Å²) in [7, 11) is -3.79. The van der Waals surface area contributed by atoms with E-state index < -0.39 is 9.84 Å². The number of hydrogen-bond acceptors (Lipinski definition) is 6. The summed E-state index contributed by atoms with van der Waals surface area (Å²) < 4.78 is 38.3. The summed E-state index contributed by atoms with van der Waals surface area (Å²) in [6.07, 6.45) is 0. The third-order valence-corrected chi connectivity index (χ3v) is 8.19. The van der Waals surface area contributed by atoms with Gasteiger partial charge in [-0.15, -0.1) is 0 Å². The summed E-state index contributed by atoms with van der Waals surface area (Å²) in [6.45, 7) is 14.2. The van der Waals surface area contributed by atoms with Gasteiger partial charge in [-0.25, -0.2) is 8.42 Å². The van der Waals surface area contributed by atoms with Crippen LogP contribution in [-0.4, -0.2) is 20.2 Å². The number of hydrogen-bond donors (Lipinski definition) is 2. The first-order valence-corrected chi connectivity index (χ1v) is 14.8. The van der Waals surface area contributed by atoms with Crippen molar-refractivity contribution in [2.75, 3.05) is 10.6 Å². The second-order valence-corrected chi connectivity index (χ2v) is 12.0. The Labute approximate surface area is 251 Å². The number of amides is 2. The second kappa shape index (κ2) is 12.8. The van der Waals surface area contributed by atoms with E-state index >= 15 is 0 Å². The molecule has 43 heavy (non-hydrogen) atoms. The highest BCUT2D eigenvalue weighted by atomic mass is 32.2. The average molecular weight is 597 g/mol.